The minimum absolute atomic E-state index is 0.0253. The monoisotopic (exact) mass is 418 g/mol. The summed E-state index contributed by atoms with van der Waals surface area (Å²) in [6, 6.07) is 5.86. The molecule has 154 valence electrons. The molecule has 1 aromatic heterocycles. The van der Waals surface area contributed by atoms with Gasteiger partial charge in [0.15, 0.2) is 0 Å². The molecule has 0 aliphatic carbocycles. The molecule has 0 saturated heterocycles. The third-order valence-corrected chi connectivity index (χ3v) is 6.11. The summed E-state index contributed by atoms with van der Waals surface area (Å²) < 4.78 is 66.7. The van der Waals surface area contributed by atoms with Crippen molar-refractivity contribution in [3.63, 3.8) is 0 Å². The molecule has 0 spiro atoms. The minimum Gasteiger partial charge on any atom is -0.345 e. The van der Waals surface area contributed by atoms with Crippen LogP contribution in [0.5, 0.6) is 0 Å². The molecule has 2 N–H and O–H groups in total. The van der Waals surface area contributed by atoms with Crippen molar-refractivity contribution >= 4 is 21.6 Å². The number of benzene rings is 1. The van der Waals surface area contributed by atoms with Gasteiger partial charge in [-0.3, -0.25) is 15.6 Å². The third kappa shape index (κ3) is 4.47. The van der Waals surface area contributed by atoms with Gasteiger partial charge in [-0.05, 0) is 18.2 Å². The lowest BCUT2D eigenvalue weighted by Crippen LogP contribution is -2.32. The second-order valence-electron chi connectivity index (χ2n) is 5.88. The number of amides is 1. The largest absolute Gasteiger partial charge is 0.418 e. The Morgan fingerprint density at radius 2 is 1.79 bits per heavy atom. The van der Waals surface area contributed by atoms with Gasteiger partial charge in [-0.1, -0.05) is 26.0 Å². The summed E-state index contributed by atoms with van der Waals surface area (Å²) in [7, 11) is -2.29. The average molecular weight is 418 g/mol. The quantitative estimate of drug-likeness (QED) is 0.678. The molecule has 1 aromatic carbocycles. The molecule has 0 atom stereocenters. The SMILES string of the molecule is CCN(CC)S(=O)(=O)c1cc(C(=O)NNc2ccccc2C(F)(F)F)n(C)c1. The van der Waals surface area contributed by atoms with E-state index >= 15 is 0 Å². The van der Waals surface area contributed by atoms with E-state index in [-0.39, 0.29) is 29.4 Å². The molecule has 0 fully saturated rings. The normalized spacial score (nSPS) is 12.2. The van der Waals surface area contributed by atoms with Crippen LogP contribution in [0.2, 0.25) is 0 Å². The van der Waals surface area contributed by atoms with Crippen LogP contribution in [0.15, 0.2) is 41.4 Å². The Bertz CT molecular complexity index is 951. The highest BCUT2D eigenvalue weighted by Crippen LogP contribution is 2.34. The fraction of sp³-hybridized carbons (Fsp3) is 0.353. The number of aromatic nitrogens is 1. The Hall–Kier alpha value is -2.53. The fourth-order valence-electron chi connectivity index (χ4n) is 2.64. The molecule has 0 aliphatic heterocycles. The number of nitrogens with zero attached hydrogens (tertiary/aromatic N) is 2. The van der Waals surface area contributed by atoms with Gasteiger partial charge in [0.25, 0.3) is 5.91 Å². The highest BCUT2D eigenvalue weighted by Gasteiger charge is 2.33. The summed E-state index contributed by atoms with van der Waals surface area (Å²) in [4.78, 5) is 12.3. The topological polar surface area (TPSA) is 83.4 Å². The van der Waals surface area contributed by atoms with Crippen LogP contribution in [0.25, 0.3) is 0 Å². The number of hydrazine groups is 1. The smallest absolute Gasteiger partial charge is 0.345 e. The standard InChI is InChI=1S/C17H21F3N4O3S/c1-4-24(5-2)28(26,27)12-10-15(23(3)11-12)16(25)22-21-14-9-7-6-8-13(14)17(18,19)20/h6-11,21H,4-5H2,1-3H3,(H,22,25). The van der Waals surface area contributed by atoms with Crippen LogP contribution in [-0.4, -0.2) is 36.3 Å². The molecule has 28 heavy (non-hydrogen) atoms. The predicted molar refractivity (Wildman–Crippen MR) is 98.1 cm³/mol. The lowest BCUT2D eigenvalue weighted by molar-refractivity contribution is -0.137. The Labute approximate surface area is 161 Å². The fourth-order valence-corrected chi connectivity index (χ4v) is 4.17. The van der Waals surface area contributed by atoms with Crippen molar-refractivity contribution in [2.45, 2.75) is 24.9 Å². The van der Waals surface area contributed by atoms with Crippen molar-refractivity contribution in [2.24, 2.45) is 7.05 Å². The number of anilines is 1. The molecule has 1 heterocycles. The Kier molecular flexibility index (Phi) is 6.40. The maximum absolute atomic E-state index is 13.0. The average Bonchev–Trinajstić information content (AvgIpc) is 3.02. The van der Waals surface area contributed by atoms with E-state index in [1.807, 2.05) is 0 Å². The van der Waals surface area contributed by atoms with Gasteiger partial charge in [-0.25, -0.2) is 8.42 Å². The molecule has 0 radical (unpaired) electrons. The summed E-state index contributed by atoms with van der Waals surface area (Å²) in [5, 5.41) is 0. The summed E-state index contributed by atoms with van der Waals surface area (Å²) in [6.45, 7) is 3.93. The Morgan fingerprint density at radius 3 is 2.36 bits per heavy atom. The Balaban J connectivity index is 2.23. The lowest BCUT2D eigenvalue weighted by atomic mass is 10.2. The Morgan fingerprint density at radius 1 is 1.18 bits per heavy atom. The third-order valence-electron chi connectivity index (χ3n) is 4.10. The number of carbonyl (C=O) groups is 1. The second kappa shape index (κ2) is 8.23. The zero-order valence-corrected chi connectivity index (χ0v) is 16.4. The summed E-state index contributed by atoms with van der Waals surface area (Å²) >= 11 is 0. The van der Waals surface area contributed by atoms with Gasteiger partial charge in [0.2, 0.25) is 10.0 Å². The number of para-hydroxylation sites is 1. The van der Waals surface area contributed by atoms with Crippen LogP contribution in [0.1, 0.15) is 29.9 Å². The zero-order chi connectivity index (χ0) is 21.1. The number of hydrogen-bond acceptors (Lipinski definition) is 4. The molecule has 7 nitrogen and oxygen atoms in total. The second-order valence-corrected chi connectivity index (χ2v) is 7.82. The lowest BCUT2D eigenvalue weighted by Gasteiger charge is -2.17. The molecule has 0 aliphatic rings. The highest BCUT2D eigenvalue weighted by molar-refractivity contribution is 7.89. The van der Waals surface area contributed by atoms with E-state index in [0.29, 0.717) is 0 Å². The van der Waals surface area contributed by atoms with E-state index in [1.165, 1.54) is 46.4 Å². The van der Waals surface area contributed by atoms with E-state index in [2.05, 4.69) is 10.9 Å². The van der Waals surface area contributed by atoms with Gasteiger partial charge in [0.1, 0.15) is 10.6 Å². The first-order chi connectivity index (χ1) is 13.0. The van der Waals surface area contributed by atoms with Crippen LogP contribution in [0.4, 0.5) is 18.9 Å². The van der Waals surface area contributed by atoms with Crippen LogP contribution in [0, 0.1) is 0 Å². The van der Waals surface area contributed by atoms with E-state index in [1.54, 1.807) is 13.8 Å². The number of rotatable bonds is 7. The maximum atomic E-state index is 13.0. The zero-order valence-electron chi connectivity index (χ0n) is 15.5. The van der Waals surface area contributed by atoms with Gasteiger partial charge in [-0.2, -0.15) is 17.5 Å². The van der Waals surface area contributed by atoms with Gasteiger partial charge in [-0.15, -0.1) is 0 Å². The van der Waals surface area contributed by atoms with Crippen LogP contribution >= 0.6 is 0 Å². The number of aryl methyl sites for hydroxylation is 1. The van der Waals surface area contributed by atoms with E-state index in [0.717, 1.165) is 6.07 Å². The molecular weight excluding hydrogens is 397 g/mol. The molecule has 0 saturated carbocycles. The number of carbonyl (C=O) groups excluding carboxylic acids is 1. The molecular formula is C17H21F3N4O3S. The number of alkyl halides is 3. The minimum atomic E-state index is -4.59. The highest BCUT2D eigenvalue weighted by atomic mass is 32.2. The van der Waals surface area contributed by atoms with E-state index < -0.39 is 27.7 Å². The van der Waals surface area contributed by atoms with Crippen molar-refractivity contribution in [1.82, 2.24) is 14.3 Å². The van der Waals surface area contributed by atoms with Crippen LogP contribution in [0.3, 0.4) is 0 Å². The first kappa shape index (κ1) is 21.8. The molecule has 0 bridgehead atoms. The van der Waals surface area contributed by atoms with Crippen molar-refractivity contribution in [3.8, 4) is 0 Å². The van der Waals surface area contributed by atoms with Crippen LogP contribution < -0.4 is 10.9 Å². The van der Waals surface area contributed by atoms with E-state index in [9.17, 15) is 26.4 Å². The van der Waals surface area contributed by atoms with Gasteiger partial charge in [0.05, 0.1) is 11.3 Å². The maximum Gasteiger partial charge on any atom is 0.418 e. The predicted octanol–water partition coefficient (Wildman–Crippen LogP) is 2.83. The number of hydrogen-bond donors (Lipinski definition) is 2. The summed E-state index contributed by atoms with van der Waals surface area (Å²) in [6.07, 6.45) is -3.31. The van der Waals surface area contributed by atoms with Crippen molar-refractivity contribution in [1.29, 1.82) is 0 Å². The number of halogens is 3. The molecule has 1 amide bonds. The molecule has 0 unspecified atom stereocenters. The van der Waals surface area contributed by atoms with Crippen molar-refractivity contribution < 1.29 is 26.4 Å². The van der Waals surface area contributed by atoms with Crippen LogP contribution in [-0.2, 0) is 23.2 Å². The molecule has 11 heteroatoms. The summed E-state index contributed by atoms with van der Waals surface area (Å²) in [5.41, 5.74) is 3.13. The molecule has 2 rings (SSSR count). The van der Waals surface area contributed by atoms with Crippen molar-refractivity contribution in [2.75, 3.05) is 18.5 Å². The van der Waals surface area contributed by atoms with E-state index in [4.69, 9.17) is 0 Å². The van der Waals surface area contributed by atoms with Crippen molar-refractivity contribution in [3.05, 3.63) is 47.8 Å². The number of sulfonamides is 1. The molecule has 2 aromatic rings. The first-order valence-electron chi connectivity index (χ1n) is 8.41. The van der Waals surface area contributed by atoms with Gasteiger partial charge >= 0.3 is 6.18 Å². The summed E-state index contributed by atoms with van der Waals surface area (Å²) in [5.74, 6) is -0.777. The van der Waals surface area contributed by atoms with Gasteiger partial charge < -0.3 is 4.57 Å². The van der Waals surface area contributed by atoms with Gasteiger partial charge in [0, 0.05) is 26.3 Å². The first-order valence-corrected chi connectivity index (χ1v) is 9.85. The number of nitrogens with one attached hydrogen (secondary N) is 2.